The summed E-state index contributed by atoms with van der Waals surface area (Å²) in [7, 11) is 1.85. The predicted molar refractivity (Wildman–Crippen MR) is 93.3 cm³/mol. The van der Waals surface area contributed by atoms with E-state index in [0.717, 1.165) is 37.3 Å². The van der Waals surface area contributed by atoms with Crippen LogP contribution in [-0.2, 0) is 11.8 Å². The van der Waals surface area contributed by atoms with Gasteiger partial charge in [0, 0.05) is 20.1 Å². The fraction of sp³-hybridized carbons (Fsp3) is 0.400. The molecule has 1 aliphatic heterocycles. The molecule has 122 valence electrons. The van der Waals surface area contributed by atoms with Gasteiger partial charge in [-0.1, -0.05) is 29.4 Å². The second-order valence-electron chi connectivity index (χ2n) is 5.39. The van der Waals surface area contributed by atoms with Crippen molar-refractivity contribution in [3.63, 3.8) is 0 Å². The minimum absolute atomic E-state index is 0.0827. The molecule has 0 bridgehead atoms. The van der Waals surface area contributed by atoms with Crippen molar-refractivity contribution in [1.82, 2.24) is 14.8 Å². The minimum atomic E-state index is -0.0827. The summed E-state index contributed by atoms with van der Waals surface area (Å²) < 4.78 is 1.78. The highest BCUT2D eigenvalue weighted by Crippen LogP contribution is 2.36. The Kier molecular flexibility index (Phi) is 5.07. The van der Waals surface area contributed by atoms with E-state index in [-0.39, 0.29) is 11.7 Å². The molecule has 1 fully saturated rings. The normalized spacial score (nSPS) is 14.3. The van der Waals surface area contributed by atoms with Gasteiger partial charge >= 0.3 is 0 Å². The van der Waals surface area contributed by atoms with Gasteiger partial charge in [-0.2, -0.15) is 0 Å². The molecular weight excluding hydrogens is 334 g/mol. The lowest BCUT2D eigenvalue weighted by Gasteiger charge is -2.22. The van der Waals surface area contributed by atoms with E-state index in [1.165, 1.54) is 11.8 Å². The Morgan fingerprint density at radius 2 is 2.17 bits per heavy atom. The van der Waals surface area contributed by atoms with Crippen molar-refractivity contribution in [2.75, 3.05) is 29.1 Å². The summed E-state index contributed by atoms with van der Waals surface area (Å²) in [6.07, 6.45) is 3.92. The molecule has 0 radical (unpaired) electrons. The van der Waals surface area contributed by atoms with E-state index in [1.807, 2.05) is 25.2 Å². The van der Waals surface area contributed by atoms with Crippen LogP contribution in [0.1, 0.15) is 12.8 Å². The van der Waals surface area contributed by atoms with Gasteiger partial charge in [-0.05, 0) is 25.0 Å². The number of hydrogen-bond donors (Lipinski definition) is 1. The molecule has 1 saturated heterocycles. The van der Waals surface area contributed by atoms with Gasteiger partial charge in [0.15, 0.2) is 5.16 Å². The monoisotopic (exact) mass is 351 g/mol. The van der Waals surface area contributed by atoms with Gasteiger partial charge in [0.2, 0.25) is 5.91 Å². The van der Waals surface area contributed by atoms with Crippen molar-refractivity contribution in [2.45, 2.75) is 18.0 Å². The third kappa shape index (κ3) is 3.79. The number of benzene rings is 1. The van der Waals surface area contributed by atoms with Crippen molar-refractivity contribution in [1.29, 1.82) is 0 Å². The van der Waals surface area contributed by atoms with Crippen LogP contribution in [0.2, 0.25) is 5.02 Å². The van der Waals surface area contributed by atoms with Crippen LogP contribution in [0.25, 0.3) is 0 Å². The molecule has 23 heavy (non-hydrogen) atoms. The highest BCUT2D eigenvalue weighted by atomic mass is 35.5. The maximum Gasteiger partial charge on any atom is 0.234 e. The molecule has 6 nitrogen and oxygen atoms in total. The zero-order chi connectivity index (χ0) is 16.2. The number of nitrogens with one attached hydrogen (secondary N) is 1. The van der Waals surface area contributed by atoms with E-state index in [4.69, 9.17) is 11.6 Å². The standard InChI is InChI=1S/C15H18ClN5OS/c1-20-10-17-19-15(20)23-9-13(22)18-12-6-4-5-11(16)14(12)21-7-2-3-8-21/h4-6,10H,2-3,7-9H2,1H3,(H,18,22). The molecule has 1 amide bonds. The number of amides is 1. The Bertz CT molecular complexity index is 699. The third-order valence-electron chi connectivity index (χ3n) is 3.69. The number of para-hydroxylation sites is 1. The first-order valence-electron chi connectivity index (χ1n) is 7.45. The highest BCUT2D eigenvalue weighted by Gasteiger charge is 2.19. The molecule has 2 aromatic rings. The fourth-order valence-electron chi connectivity index (χ4n) is 2.60. The third-order valence-corrected chi connectivity index (χ3v) is 5.02. The van der Waals surface area contributed by atoms with Crippen LogP contribution >= 0.6 is 23.4 Å². The molecule has 1 aromatic carbocycles. The average molecular weight is 352 g/mol. The Labute approximate surface area is 144 Å². The number of aromatic nitrogens is 3. The average Bonchev–Trinajstić information content (AvgIpc) is 3.17. The fourth-order valence-corrected chi connectivity index (χ4v) is 3.58. The number of halogens is 1. The number of rotatable bonds is 5. The predicted octanol–water partition coefficient (Wildman–Crippen LogP) is 2.80. The first-order valence-corrected chi connectivity index (χ1v) is 8.81. The van der Waals surface area contributed by atoms with Gasteiger partial charge < -0.3 is 14.8 Å². The Morgan fingerprint density at radius 3 is 2.87 bits per heavy atom. The molecule has 3 rings (SSSR count). The Morgan fingerprint density at radius 1 is 1.39 bits per heavy atom. The number of nitrogens with zero attached hydrogens (tertiary/aromatic N) is 4. The van der Waals surface area contributed by atoms with Gasteiger partial charge in [-0.15, -0.1) is 10.2 Å². The largest absolute Gasteiger partial charge is 0.369 e. The molecule has 1 aromatic heterocycles. The zero-order valence-corrected chi connectivity index (χ0v) is 14.4. The quantitative estimate of drug-likeness (QED) is 0.839. The van der Waals surface area contributed by atoms with Crippen LogP contribution < -0.4 is 10.2 Å². The Hall–Kier alpha value is -1.73. The van der Waals surface area contributed by atoms with E-state index in [1.54, 1.807) is 10.9 Å². The molecule has 0 unspecified atom stereocenters. The second-order valence-corrected chi connectivity index (χ2v) is 6.74. The lowest BCUT2D eigenvalue weighted by molar-refractivity contribution is -0.113. The SMILES string of the molecule is Cn1cnnc1SCC(=O)Nc1cccc(Cl)c1N1CCCC1. The van der Waals surface area contributed by atoms with Crippen molar-refractivity contribution in [2.24, 2.45) is 7.05 Å². The molecule has 0 spiro atoms. The van der Waals surface area contributed by atoms with Crippen molar-refractivity contribution < 1.29 is 4.79 Å². The van der Waals surface area contributed by atoms with Gasteiger partial charge in [0.1, 0.15) is 6.33 Å². The van der Waals surface area contributed by atoms with Gasteiger partial charge in [0.25, 0.3) is 0 Å². The maximum atomic E-state index is 12.2. The molecule has 8 heteroatoms. The lowest BCUT2D eigenvalue weighted by atomic mass is 10.2. The molecule has 0 atom stereocenters. The number of carbonyl (C=O) groups is 1. The first kappa shape index (κ1) is 16.1. The summed E-state index contributed by atoms with van der Waals surface area (Å²) in [6, 6.07) is 5.61. The summed E-state index contributed by atoms with van der Waals surface area (Å²) in [6.45, 7) is 1.95. The highest BCUT2D eigenvalue weighted by molar-refractivity contribution is 7.99. The van der Waals surface area contributed by atoms with Crippen LogP contribution in [0, 0.1) is 0 Å². The van der Waals surface area contributed by atoms with E-state index in [9.17, 15) is 4.79 Å². The zero-order valence-electron chi connectivity index (χ0n) is 12.8. The second kappa shape index (κ2) is 7.23. The number of thioether (sulfide) groups is 1. The van der Waals surface area contributed by atoms with Crippen LogP contribution in [0.4, 0.5) is 11.4 Å². The summed E-state index contributed by atoms with van der Waals surface area (Å²) in [4.78, 5) is 14.5. The molecule has 2 heterocycles. The summed E-state index contributed by atoms with van der Waals surface area (Å²) in [5.41, 5.74) is 1.69. The topological polar surface area (TPSA) is 63.1 Å². The van der Waals surface area contributed by atoms with E-state index in [2.05, 4.69) is 20.4 Å². The van der Waals surface area contributed by atoms with Crippen LogP contribution in [0.3, 0.4) is 0 Å². The molecule has 0 aliphatic carbocycles. The smallest absolute Gasteiger partial charge is 0.234 e. The Balaban J connectivity index is 1.68. The van der Waals surface area contributed by atoms with E-state index >= 15 is 0 Å². The minimum Gasteiger partial charge on any atom is -0.369 e. The first-order chi connectivity index (χ1) is 11.1. The molecule has 1 N–H and O–H groups in total. The van der Waals surface area contributed by atoms with Crippen molar-refractivity contribution >= 4 is 40.6 Å². The number of aryl methyl sites for hydroxylation is 1. The van der Waals surface area contributed by atoms with Crippen LogP contribution in [0.15, 0.2) is 29.7 Å². The summed E-state index contributed by atoms with van der Waals surface area (Å²) in [5, 5.41) is 12.1. The number of carbonyl (C=O) groups excluding carboxylic acids is 1. The van der Waals surface area contributed by atoms with Crippen LogP contribution in [-0.4, -0.2) is 39.5 Å². The number of anilines is 2. The van der Waals surface area contributed by atoms with Gasteiger partial charge in [0.05, 0.1) is 22.2 Å². The molecule has 0 saturated carbocycles. The van der Waals surface area contributed by atoms with E-state index < -0.39 is 0 Å². The molecular formula is C15H18ClN5OS. The summed E-state index contributed by atoms with van der Waals surface area (Å²) in [5.74, 6) is 0.194. The van der Waals surface area contributed by atoms with Crippen molar-refractivity contribution in [3.8, 4) is 0 Å². The number of hydrogen-bond acceptors (Lipinski definition) is 5. The molecule has 1 aliphatic rings. The van der Waals surface area contributed by atoms with Gasteiger partial charge in [-0.3, -0.25) is 4.79 Å². The van der Waals surface area contributed by atoms with Crippen LogP contribution in [0.5, 0.6) is 0 Å². The van der Waals surface area contributed by atoms with E-state index in [0.29, 0.717) is 10.2 Å². The van der Waals surface area contributed by atoms with Crippen molar-refractivity contribution in [3.05, 3.63) is 29.5 Å². The summed E-state index contributed by atoms with van der Waals surface area (Å²) >= 11 is 7.71. The maximum absolute atomic E-state index is 12.2. The van der Waals surface area contributed by atoms with Gasteiger partial charge in [-0.25, -0.2) is 0 Å². The lowest BCUT2D eigenvalue weighted by Crippen LogP contribution is -2.22.